The number of likely N-dealkylation sites (tertiary alicyclic amines) is 1. The molecule has 118 valence electrons. The Kier molecular flexibility index (Phi) is 5.24. The molecule has 0 saturated carbocycles. The van der Waals surface area contributed by atoms with Gasteiger partial charge in [-0.2, -0.15) is 0 Å². The molecule has 0 radical (unpaired) electrons. The molecule has 1 saturated heterocycles. The van der Waals surface area contributed by atoms with E-state index in [1.54, 1.807) is 6.26 Å². The van der Waals surface area contributed by atoms with Crippen LogP contribution in [0.1, 0.15) is 49.7 Å². The zero-order valence-corrected chi connectivity index (χ0v) is 12.9. The van der Waals surface area contributed by atoms with E-state index in [1.165, 1.54) is 19.3 Å². The summed E-state index contributed by atoms with van der Waals surface area (Å²) in [5.41, 5.74) is 1.10. The Bertz CT molecular complexity index is 541. The SMILES string of the molecule is O[C@H](C[C@H]1CCCCCN1Cc1ccccn1)c1ccco1. The molecule has 1 N–H and O–H groups in total. The van der Waals surface area contributed by atoms with Gasteiger partial charge in [0.25, 0.3) is 0 Å². The first-order chi connectivity index (χ1) is 10.8. The van der Waals surface area contributed by atoms with E-state index >= 15 is 0 Å². The minimum atomic E-state index is -0.524. The molecule has 0 spiro atoms. The average molecular weight is 300 g/mol. The summed E-state index contributed by atoms with van der Waals surface area (Å²) in [5.74, 6) is 0.669. The van der Waals surface area contributed by atoms with Gasteiger partial charge in [-0.15, -0.1) is 0 Å². The molecule has 22 heavy (non-hydrogen) atoms. The van der Waals surface area contributed by atoms with E-state index in [2.05, 4.69) is 16.0 Å². The number of rotatable bonds is 5. The van der Waals surface area contributed by atoms with Crippen molar-refractivity contribution in [1.29, 1.82) is 0 Å². The highest BCUT2D eigenvalue weighted by atomic mass is 16.4. The Balaban J connectivity index is 1.67. The van der Waals surface area contributed by atoms with E-state index in [4.69, 9.17) is 4.42 Å². The third-order valence-electron chi connectivity index (χ3n) is 4.46. The Hall–Kier alpha value is -1.65. The first-order valence-electron chi connectivity index (χ1n) is 8.18. The second kappa shape index (κ2) is 7.56. The van der Waals surface area contributed by atoms with Crippen molar-refractivity contribution < 1.29 is 9.52 Å². The molecular weight excluding hydrogens is 276 g/mol. The summed E-state index contributed by atoms with van der Waals surface area (Å²) in [5, 5.41) is 10.4. The number of furan rings is 1. The van der Waals surface area contributed by atoms with Crippen molar-refractivity contribution in [2.75, 3.05) is 6.54 Å². The Morgan fingerprint density at radius 1 is 1.23 bits per heavy atom. The summed E-state index contributed by atoms with van der Waals surface area (Å²) in [6, 6.07) is 10.1. The van der Waals surface area contributed by atoms with Gasteiger partial charge in [-0.05, 0) is 50.1 Å². The fourth-order valence-corrected chi connectivity index (χ4v) is 3.27. The lowest BCUT2D eigenvalue weighted by atomic mass is 10.0. The molecule has 3 heterocycles. The summed E-state index contributed by atoms with van der Waals surface area (Å²) in [6.07, 6.45) is 8.52. The molecule has 0 bridgehead atoms. The van der Waals surface area contributed by atoms with Crippen molar-refractivity contribution in [2.24, 2.45) is 0 Å². The molecule has 4 heteroatoms. The monoisotopic (exact) mass is 300 g/mol. The van der Waals surface area contributed by atoms with Crippen molar-refractivity contribution in [3.05, 3.63) is 54.2 Å². The van der Waals surface area contributed by atoms with Crippen LogP contribution in [-0.2, 0) is 6.54 Å². The van der Waals surface area contributed by atoms with Crippen molar-refractivity contribution in [1.82, 2.24) is 9.88 Å². The van der Waals surface area contributed by atoms with Crippen LogP contribution in [0, 0.1) is 0 Å². The van der Waals surface area contributed by atoms with E-state index in [0.29, 0.717) is 11.8 Å². The van der Waals surface area contributed by atoms with E-state index in [9.17, 15) is 5.11 Å². The van der Waals surface area contributed by atoms with Crippen molar-refractivity contribution in [2.45, 2.75) is 50.8 Å². The lowest BCUT2D eigenvalue weighted by molar-refractivity contribution is 0.0825. The first-order valence-corrected chi connectivity index (χ1v) is 8.18. The molecule has 1 fully saturated rings. The number of aliphatic hydroxyl groups is 1. The van der Waals surface area contributed by atoms with Crippen molar-refractivity contribution >= 4 is 0 Å². The molecule has 4 nitrogen and oxygen atoms in total. The van der Waals surface area contributed by atoms with Crippen LogP contribution in [0.5, 0.6) is 0 Å². The third kappa shape index (κ3) is 3.96. The third-order valence-corrected chi connectivity index (χ3v) is 4.46. The molecule has 2 atom stereocenters. The van der Waals surface area contributed by atoms with Crippen molar-refractivity contribution in [3.8, 4) is 0 Å². The minimum absolute atomic E-state index is 0.379. The summed E-state index contributed by atoms with van der Waals surface area (Å²) >= 11 is 0. The van der Waals surface area contributed by atoms with Gasteiger partial charge in [-0.1, -0.05) is 18.9 Å². The zero-order chi connectivity index (χ0) is 15.2. The fourth-order valence-electron chi connectivity index (χ4n) is 3.27. The standard InChI is InChI=1S/C18H24N2O2/c21-17(18-9-6-12-22-18)13-16-8-2-1-5-11-20(16)14-15-7-3-4-10-19-15/h3-4,6-7,9-10,12,16-17,21H,1-2,5,8,11,13-14H2/t16-,17-/m1/s1. The van der Waals surface area contributed by atoms with Crippen LogP contribution in [0.25, 0.3) is 0 Å². The van der Waals surface area contributed by atoms with Gasteiger partial charge in [0.15, 0.2) is 0 Å². The molecular formula is C18H24N2O2. The highest BCUT2D eigenvalue weighted by molar-refractivity contribution is 5.05. The van der Waals surface area contributed by atoms with Gasteiger partial charge in [0.2, 0.25) is 0 Å². The van der Waals surface area contributed by atoms with Crippen LogP contribution in [-0.4, -0.2) is 27.6 Å². The summed E-state index contributed by atoms with van der Waals surface area (Å²) in [6.45, 7) is 1.93. The zero-order valence-electron chi connectivity index (χ0n) is 12.9. The number of nitrogens with zero attached hydrogens (tertiary/aromatic N) is 2. The largest absolute Gasteiger partial charge is 0.467 e. The smallest absolute Gasteiger partial charge is 0.132 e. The Labute approximate surface area is 131 Å². The molecule has 0 unspecified atom stereocenters. The van der Waals surface area contributed by atoms with Gasteiger partial charge in [0.05, 0.1) is 12.0 Å². The quantitative estimate of drug-likeness (QED) is 0.917. The summed E-state index contributed by atoms with van der Waals surface area (Å²) < 4.78 is 5.34. The first kappa shape index (κ1) is 15.3. The number of hydrogen-bond donors (Lipinski definition) is 1. The van der Waals surface area contributed by atoms with E-state index in [1.807, 2.05) is 30.5 Å². The maximum absolute atomic E-state index is 10.4. The Morgan fingerprint density at radius 3 is 2.95 bits per heavy atom. The summed E-state index contributed by atoms with van der Waals surface area (Å²) in [4.78, 5) is 6.92. The number of pyridine rings is 1. The van der Waals surface area contributed by atoms with Gasteiger partial charge in [-0.3, -0.25) is 9.88 Å². The average Bonchev–Trinajstić information content (AvgIpc) is 3.00. The molecule has 0 aromatic carbocycles. The highest BCUT2D eigenvalue weighted by Gasteiger charge is 2.25. The van der Waals surface area contributed by atoms with Gasteiger partial charge >= 0.3 is 0 Å². The second-order valence-corrected chi connectivity index (χ2v) is 6.06. The maximum Gasteiger partial charge on any atom is 0.132 e. The molecule has 0 amide bonds. The van der Waals surface area contributed by atoms with Gasteiger partial charge in [0.1, 0.15) is 11.9 Å². The topological polar surface area (TPSA) is 49.5 Å². The number of aromatic nitrogens is 1. The molecule has 3 rings (SSSR count). The minimum Gasteiger partial charge on any atom is -0.467 e. The van der Waals surface area contributed by atoms with E-state index in [-0.39, 0.29) is 0 Å². The summed E-state index contributed by atoms with van der Waals surface area (Å²) in [7, 11) is 0. The predicted octanol–water partition coefficient (Wildman–Crippen LogP) is 3.54. The van der Waals surface area contributed by atoms with Crippen LogP contribution in [0.15, 0.2) is 47.2 Å². The van der Waals surface area contributed by atoms with Crippen LogP contribution in [0.3, 0.4) is 0 Å². The van der Waals surface area contributed by atoms with Gasteiger partial charge < -0.3 is 9.52 Å². The molecule has 1 aliphatic heterocycles. The maximum atomic E-state index is 10.4. The molecule has 0 aliphatic carbocycles. The molecule has 1 aliphatic rings. The lowest BCUT2D eigenvalue weighted by Crippen LogP contribution is -2.35. The second-order valence-electron chi connectivity index (χ2n) is 6.06. The Morgan fingerprint density at radius 2 is 2.18 bits per heavy atom. The number of aliphatic hydroxyl groups excluding tert-OH is 1. The van der Waals surface area contributed by atoms with Gasteiger partial charge in [-0.25, -0.2) is 0 Å². The van der Waals surface area contributed by atoms with Crippen LogP contribution >= 0.6 is 0 Å². The predicted molar refractivity (Wildman–Crippen MR) is 85.2 cm³/mol. The van der Waals surface area contributed by atoms with Crippen LogP contribution in [0.4, 0.5) is 0 Å². The fraction of sp³-hybridized carbons (Fsp3) is 0.500. The number of hydrogen-bond acceptors (Lipinski definition) is 4. The van der Waals surface area contributed by atoms with Gasteiger partial charge in [0, 0.05) is 18.8 Å². The normalized spacial score (nSPS) is 21.4. The van der Waals surface area contributed by atoms with Crippen molar-refractivity contribution in [3.63, 3.8) is 0 Å². The molecule has 2 aromatic heterocycles. The van der Waals surface area contributed by atoms with E-state index < -0.39 is 6.10 Å². The van der Waals surface area contributed by atoms with E-state index in [0.717, 1.165) is 31.6 Å². The lowest BCUT2D eigenvalue weighted by Gasteiger charge is -2.30. The van der Waals surface area contributed by atoms with Crippen LogP contribution in [0.2, 0.25) is 0 Å². The van der Waals surface area contributed by atoms with Crippen LogP contribution < -0.4 is 0 Å². The molecule has 2 aromatic rings. The highest BCUT2D eigenvalue weighted by Crippen LogP contribution is 2.27.